The molecule has 1 heterocycles. The summed E-state index contributed by atoms with van der Waals surface area (Å²) < 4.78 is 2.30. The van der Waals surface area contributed by atoms with Gasteiger partial charge in [-0.25, -0.2) is 4.98 Å². The topological polar surface area (TPSA) is 17.8 Å². The first-order chi connectivity index (χ1) is 12.3. The van der Waals surface area contributed by atoms with Crippen LogP contribution >= 0.6 is 0 Å². The third kappa shape index (κ3) is 8.38. The molecule has 0 radical (unpaired) electrons. The Hall–Kier alpha value is -1.57. The molecule has 0 aliphatic carbocycles. The molecule has 138 valence electrons. The monoisotopic (exact) mass is 340 g/mol. The van der Waals surface area contributed by atoms with E-state index in [9.17, 15) is 0 Å². The maximum atomic E-state index is 4.46. The van der Waals surface area contributed by atoms with Gasteiger partial charge in [-0.3, -0.25) is 0 Å². The molecule has 0 N–H and O–H groups in total. The van der Waals surface area contributed by atoms with Crippen molar-refractivity contribution in [3.8, 4) is 0 Å². The van der Waals surface area contributed by atoms with Crippen molar-refractivity contribution in [1.82, 2.24) is 9.55 Å². The van der Waals surface area contributed by atoms with Crippen LogP contribution in [0.1, 0.15) is 81.3 Å². The van der Waals surface area contributed by atoms with E-state index in [1.807, 2.05) is 0 Å². The number of hydrogen-bond acceptors (Lipinski definition) is 1. The lowest BCUT2D eigenvalue weighted by Gasteiger charge is -2.05. The molecule has 0 fully saturated rings. The molecular weight excluding hydrogens is 304 g/mol. The minimum absolute atomic E-state index is 1.13. The minimum atomic E-state index is 1.13. The molecule has 0 aliphatic rings. The molecule has 25 heavy (non-hydrogen) atoms. The Kier molecular flexibility index (Phi) is 9.40. The van der Waals surface area contributed by atoms with Gasteiger partial charge in [-0.05, 0) is 38.7 Å². The normalized spacial score (nSPS) is 11.1. The molecule has 0 unspecified atom stereocenters. The van der Waals surface area contributed by atoms with Gasteiger partial charge in [0.05, 0.1) is 5.69 Å². The Labute approximate surface area is 154 Å². The van der Waals surface area contributed by atoms with Gasteiger partial charge in [-0.15, -0.1) is 0 Å². The standard InChI is InChI=1S/C23H36N2/c1-21-20-25(22(2)24-21)19-15-10-8-6-4-3-5-7-9-12-16-23-17-13-11-14-18-23/h11,13-14,17-18,20H,3-10,12,15-16,19H2,1-2H3. The molecule has 2 rings (SSSR count). The summed E-state index contributed by atoms with van der Waals surface area (Å²) in [6, 6.07) is 10.9. The van der Waals surface area contributed by atoms with E-state index in [0.717, 1.165) is 18.1 Å². The summed E-state index contributed by atoms with van der Waals surface area (Å²) in [4.78, 5) is 4.46. The van der Waals surface area contributed by atoms with Gasteiger partial charge < -0.3 is 4.57 Å². The zero-order valence-electron chi connectivity index (χ0n) is 16.3. The van der Waals surface area contributed by atoms with Crippen LogP contribution in [0, 0.1) is 13.8 Å². The van der Waals surface area contributed by atoms with Crippen molar-refractivity contribution in [2.24, 2.45) is 0 Å². The van der Waals surface area contributed by atoms with Crippen LogP contribution in [-0.2, 0) is 13.0 Å². The lowest BCUT2D eigenvalue weighted by Crippen LogP contribution is -1.98. The highest BCUT2D eigenvalue weighted by Crippen LogP contribution is 2.13. The van der Waals surface area contributed by atoms with E-state index in [0.29, 0.717) is 0 Å². The Bertz CT molecular complexity index is 571. The fourth-order valence-electron chi connectivity index (χ4n) is 3.56. The maximum absolute atomic E-state index is 4.46. The Morgan fingerprint density at radius 1 is 0.720 bits per heavy atom. The second-order valence-electron chi connectivity index (χ2n) is 7.39. The summed E-state index contributed by atoms with van der Waals surface area (Å²) >= 11 is 0. The largest absolute Gasteiger partial charge is 0.335 e. The summed E-state index contributed by atoms with van der Waals surface area (Å²) in [6.07, 6.45) is 17.3. The van der Waals surface area contributed by atoms with Crippen LogP contribution in [0.5, 0.6) is 0 Å². The van der Waals surface area contributed by atoms with Gasteiger partial charge in [0.2, 0.25) is 0 Å². The van der Waals surface area contributed by atoms with E-state index in [4.69, 9.17) is 0 Å². The molecule has 0 amide bonds. The molecular formula is C23H36N2. The maximum Gasteiger partial charge on any atom is 0.105 e. The van der Waals surface area contributed by atoms with E-state index in [2.05, 4.69) is 59.9 Å². The fraction of sp³-hybridized carbons (Fsp3) is 0.609. The highest BCUT2D eigenvalue weighted by molar-refractivity contribution is 5.14. The van der Waals surface area contributed by atoms with Crippen molar-refractivity contribution < 1.29 is 0 Å². The summed E-state index contributed by atoms with van der Waals surface area (Å²) in [5, 5.41) is 0. The van der Waals surface area contributed by atoms with Crippen molar-refractivity contribution in [2.75, 3.05) is 0 Å². The molecule has 0 atom stereocenters. The van der Waals surface area contributed by atoms with E-state index in [1.54, 1.807) is 0 Å². The van der Waals surface area contributed by atoms with Crippen LogP contribution < -0.4 is 0 Å². The number of aromatic nitrogens is 2. The average molecular weight is 341 g/mol. The quantitative estimate of drug-likeness (QED) is 0.373. The Balaban J connectivity index is 1.35. The average Bonchev–Trinajstić information content (AvgIpc) is 2.94. The number of aryl methyl sites for hydroxylation is 4. The number of nitrogens with zero attached hydrogens (tertiary/aromatic N) is 2. The molecule has 0 bridgehead atoms. The van der Waals surface area contributed by atoms with Gasteiger partial charge in [0.15, 0.2) is 0 Å². The van der Waals surface area contributed by atoms with E-state index >= 15 is 0 Å². The van der Waals surface area contributed by atoms with Crippen molar-refractivity contribution in [3.05, 3.63) is 53.6 Å². The molecule has 0 aliphatic heterocycles. The molecule has 0 saturated carbocycles. The van der Waals surface area contributed by atoms with Crippen molar-refractivity contribution in [2.45, 2.75) is 91.0 Å². The Morgan fingerprint density at radius 2 is 1.28 bits per heavy atom. The number of benzene rings is 1. The minimum Gasteiger partial charge on any atom is -0.335 e. The third-order valence-corrected chi connectivity index (χ3v) is 5.05. The predicted molar refractivity (Wildman–Crippen MR) is 108 cm³/mol. The number of hydrogen-bond donors (Lipinski definition) is 0. The van der Waals surface area contributed by atoms with Crippen LogP contribution in [0.2, 0.25) is 0 Å². The van der Waals surface area contributed by atoms with E-state index in [-0.39, 0.29) is 0 Å². The SMILES string of the molecule is Cc1cn(CCCCCCCCCCCCc2ccccc2)c(C)n1. The zero-order chi connectivity index (χ0) is 17.7. The second kappa shape index (κ2) is 11.9. The molecule has 0 spiro atoms. The lowest BCUT2D eigenvalue weighted by atomic mass is 10.0. The van der Waals surface area contributed by atoms with Crippen molar-refractivity contribution >= 4 is 0 Å². The summed E-state index contributed by atoms with van der Waals surface area (Å²) in [7, 11) is 0. The van der Waals surface area contributed by atoms with Gasteiger partial charge in [0, 0.05) is 12.7 Å². The summed E-state index contributed by atoms with van der Waals surface area (Å²) in [6.45, 7) is 5.31. The molecule has 0 saturated heterocycles. The van der Waals surface area contributed by atoms with E-state index in [1.165, 1.54) is 76.2 Å². The summed E-state index contributed by atoms with van der Waals surface area (Å²) in [5.41, 5.74) is 2.63. The number of unbranched alkanes of at least 4 members (excludes halogenated alkanes) is 9. The highest BCUT2D eigenvalue weighted by Gasteiger charge is 2.00. The lowest BCUT2D eigenvalue weighted by molar-refractivity contribution is 0.529. The van der Waals surface area contributed by atoms with Crippen molar-refractivity contribution in [3.63, 3.8) is 0 Å². The van der Waals surface area contributed by atoms with Crippen LogP contribution in [0.3, 0.4) is 0 Å². The van der Waals surface area contributed by atoms with Gasteiger partial charge in [-0.2, -0.15) is 0 Å². The molecule has 2 nitrogen and oxygen atoms in total. The molecule has 1 aromatic carbocycles. The van der Waals surface area contributed by atoms with Crippen LogP contribution in [-0.4, -0.2) is 9.55 Å². The smallest absolute Gasteiger partial charge is 0.105 e. The number of imidazole rings is 1. The van der Waals surface area contributed by atoms with Gasteiger partial charge in [0.1, 0.15) is 5.82 Å². The Morgan fingerprint density at radius 3 is 1.84 bits per heavy atom. The van der Waals surface area contributed by atoms with Gasteiger partial charge in [0.25, 0.3) is 0 Å². The first-order valence-electron chi connectivity index (χ1n) is 10.3. The zero-order valence-corrected chi connectivity index (χ0v) is 16.3. The number of rotatable bonds is 13. The molecule has 1 aromatic heterocycles. The van der Waals surface area contributed by atoms with Crippen LogP contribution in [0.15, 0.2) is 36.5 Å². The van der Waals surface area contributed by atoms with Crippen LogP contribution in [0.25, 0.3) is 0 Å². The molecule has 2 aromatic rings. The predicted octanol–water partition coefficient (Wildman–Crippen LogP) is 6.64. The fourth-order valence-corrected chi connectivity index (χ4v) is 3.56. The second-order valence-corrected chi connectivity index (χ2v) is 7.39. The third-order valence-electron chi connectivity index (χ3n) is 5.05. The van der Waals surface area contributed by atoms with E-state index < -0.39 is 0 Å². The van der Waals surface area contributed by atoms with Crippen LogP contribution in [0.4, 0.5) is 0 Å². The molecule has 2 heteroatoms. The summed E-state index contributed by atoms with van der Waals surface area (Å²) in [5.74, 6) is 1.16. The van der Waals surface area contributed by atoms with Gasteiger partial charge >= 0.3 is 0 Å². The highest BCUT2D eigenvalue weighted by atomic mass is 15.1. The first kappa shape index (κ1) is 19.8. The van der Waals surface area contributed by atoms with Crippen molar-refractivity contribution in [1.29, 1.82) is 0 Å². The van der Waals surface area contributed by atoms with Gasteiger partial charge in [-0.1, -0.05) is 81.7 Å². The first-order valence-corrected chi connectivity index (χ1v) is 10.3.